The van der Waals surface area contributed by atoms with Crippen molar-refractivity contribution in [3.63, 3.8) is 0 Å². The fraction of sp³-hybridized carbons (Fsp3) is 0.429. The predicted octanol–water partition coefficient (Wildman–Crippen LogP) is 3.96. The quantitative estimate of drug-likeness (QED) is 0.862. The number of anilines is 1. The van der Waals surface area contributed by atoms with Gasteiger partial charge in [-0.25, -0.2) is 9.59 Å². The summed E-state index contributed by atoms with van der Waals surface area (Å²) in [6.45, 7) is 3.54. The Morgan fingerprint density at radius 3 is 2.24 bits per heavy atom. The number of benzene rings is 1. The van der Waals surface area contributed by atoms with Gasteiger partial charge in [0.15, 0.2) is 0 Å². The minimum absolute atomic E-state index is 0.0187. The summed E-state index contributed by atoms with van der Waals surface area (Å²) in [7, 11) is 0. The highest BCUT2D eigenvalue weighted by atomic mass is 35.5. The van der Waals surface area contributed by atoms with E-state index in [1.165, 1.54) is 12.1 Å². The van der Waals surface area contributed by atoms with Crippen LogP contribution in [0.2, 0.25) is 10.0 Å². The van der Waals surface area contributed by atoms with E-state index in [0.717, 1.165) is 12.8 Å². The van der Waals surface area contributed by atoms with E-state index in [1.807, 2.05) is 0 Å². The third-order valence-electron chi connectivity index (χ3n) is 3.59. The molecular formula is C14H16Cl2N2O3. The second-order valence-electron chi connectivity index (χ2n) is 5.22. The van der Waals surface area contributed by atoms with Crippen LogP contribution in [-0.4, -0.2) is 35.1 Å². The summed E-state index contributed by atoms with van der Waals surface area (Å²) in [5.74, 6) is -0.502. The molecule has 5 nitrogen and oxygen atoms in total. The standard InChI is InChI=1S/C14H16Cl2N2O3/c1-8-2-4-18(5-3-8)14(21)17-12-10(15)6-9(13(19)20)7-11(12)16/h6-8H,2-5H2,1H3,(H,17,21)(H,19,20). The lowest BCUT2D eigenvalue weighted by Gasteiger charge is -2.30. The first-order chi connectivity index (χ1) is 9.88. The molecule has 0 atom stereocenters. The van der Waals surface area contributed by atoms with E-state index in [9.17, 15) is 9.59 Å². The molecule has 2 rings (SSSR count). The molecular weight excluding hydrogens is 315 g/mol. The molecule has 1 saturated heterocycles. The average Bonchev–Trinajstić information content (AvgIpc) is 2.43. The van der Waals surface area contributed by atoms with Crippen LogP contribution in [0, 0.1) is 5.92 Å². The molecule has 21 heavy (non-hydrogen) atoms. The number of aromatic carboxylic acids is 1. The van der Waals surface area contributed by atoms with Gasteiger partial charge in [-0.05, 0) is 30.9 Å². The van der Waals surface area contributed by atoms with E-state index in [4.69, 9.17) is 28.3 Å². The van der Waals surface area contributed by atoms with Gasteiger partial charge in [-0.15, -0.1) is 0 Å². The van der Waals surface area contributed by atoms with E-state index < -0.39 is 5.97 Å². The van der Waals surface area contributed by atoms with Gasteiger partial charge >= 0.3 is 12.0 Å². The molecule has 7 heteroatoms. The topological polar surface area (TPSA) is 69.6 Å². The number of nitrogens with one attached hydrogen (secondary N) is 1. The fourth-order valence-electron chi connectivity index (χ4n) is 2.21. The van der Waals surface area contributed by atoms with Crippen molar-refractivity contribution in [1.29, 1.82) is 0 Å². The van der Waals surface area contributed by atoms with Gasteiger partial charge < -0.3 is 15.3 Å². The second kappa shape index (κ2) is 6.54. The molecule has 2 amide bonds. The van der Waals surface area contributed by atoms with Crippen LogP contribution in [-0.2, 0) is 0 Å². The molecule has 1 aromatic rings. The molecule has 1 fully saturated rings. The van der Waals surface area contributed by atoms with Gasteiger partial charge in [0.05, 0.1) is 21.3 Å². The highest BCUT2D eigenvalue weighted by Crippen LogP contribution is 2.32. The van der Waals surface area contributed by atoms with Crippen LogP contribution in [0.4, 0.5) is 10.5 Å². The summed E-state index contributed by atoms with van der Waals surface area (Å²) in [4.78, 5) is 24.8. The lowest BCUT2D eigenvalue weighted by atomic mass is 10.00. The Morgan fingerprint density at radius 2 is 1.76 bits per heavy atom. The van der Waals surface area contributed by atoms with Crippen molar-refractivity contribution in [2.24, 2.45) is 5.92 Å². The molecule has 0 aliphatic carbocycles. The maximum absolute atomic E-state index is 12.2. The van der Waals surface area contributed by atoms with Crippen molar-refractivity contribution in [1.82, 2.24) is 4.90 Å². The van der Waals surface area contributed by atoms with Crippen LogP contribution < -0.4 is 5.32 Å². The number of carbonyl (C=O) groups excluding carboxylic acids is 1. The Morgan fingerprint density at radius 1 is 1.24 bits per heavy atom. The maximum Gasteiger partial charge on any atom is 0.335 e. The van der Waals surface area contributed by atoms with Crippen molar-refractivity contribution in [3.8, 4) is 0 Å². The largest absolute Gasteiger partial charge is 0.478 e. The number of urea groups is 1. The number of halogens is 2. The monoisotopic (exact) mass is 330 g/mol. The molecule has 0 bridgehead atoms. The predicted molar refractivity (Wildman–Crippen MR) is 82.4 cm³/mol. The van der Waals surface area contributed by atoms with E-state index in [0.29, 0.717) is 19.0 Å². The number of carboxylic acids is 1. The Labute approximate surface area is 132 Å². The molecule has 1 aliphatic heterocycles. The lowest BCUT2D eigenvalue weighted by molar-refractivity contribution is 0.0697. The highest BCUT2D eigenvalue weighted by Gasteiger charge is 2.22. The fourth-order valence-corrected chi connectivity index (χ4v) is 2.80. The normalized spacial score (nSPS) is 15.9. The summed E-state index contributed by atoms with van der Waals surface area (Å²) < 4.78 is 0. The van der Waals surface area contributed by atoms with Crippen molar-refractivity contribution in [2.75, 3.05) is 18.4 Å². The summed E-state index contributed by atoms with van der Waals surface area (Å²) >= 11 is 12.0. The van der Waals surface area contributed by atoms with E-state index in [-0.39, 0.29) is 27.3 Å². The Balaban J connectivity index is 2.12. The zero-order valence-corrected chi connectivity index (χ0v) is 13.0. The van der Waals surface area contributed by atoms with Crippen molar-refractivity contribution >= 4 is 40.9 Å². The van der Waals surface area contributed by atoms with Gasteiger partial charge in [-0.2, -0.15) is 0 Å². The van der Waals surface area contributed by atoms with Gasteiger partial charge in [0.1, 0.15) is 0 Å². The molecule has 0 saturated carbocycles. The molecule has 0 radical (unpaired) electrons. The van der Waals surface area contributed by atoms with Gasteiger partial charge in [0, 0.05) is 13.1 Å². The summed E-state index contributed by atoms with van der Waals surface area (Å²) in [6.07, 6.45) is 1.93. The van der Waals surface area contributed by atoms with Crippen molar-refractivity contribution in [2.45, 2.75) is 19.8 Å². The first-order valence-electron chi connectivity index (χ1n) is 6.66. The number of likely N-dealkylation sites (tertiary alicyclic amines) is 1. The number of carboxylic acid groups (broad SMARTS) is 1. The SMILES string of the molecule is CC1CCN(C(=O)Nc2c(Cl)cc(C(=O)O)cc2Cl)CC1. The van der Waals surface area contributed by atoms with E-state index in [1.54, 1.807) is 4.90 Å². The molecule has 1 aromatic carbocycles. The van der Waals surface area contributed by atoms with Crippen LogP contribution in [0.3, 0.4) is 0 Å². The van der Waals surface area contributed by atoms with E-state index >= 15 is 0 Å². The zero-order valence-electron chi connectivity index (χ0n) is 11.5. The van der Waals surface area contributed by atoms with Crippen LogP contribution in [0.1, 0.15) is 30.1 Å². The number of rotatable bonds is 2. The number of nitrogens with zero attached hydrogens (tertiary/aromatic N) is 1. The third-order valence-corrected chi connectivity index (χ3v) is 4.19. The molecule has 0 unspecified atom stereocenters. The smallest absolute Gasteiger partial charge is 0.335 e. The van der Waals surface area contributed by atoms with Gasteiger partial charge in [0.25, 0.3) is 0 Å². The van der Waals surface area contributed by atoms with Crippen LogP contribution in [0.5, 0.6) is 0 Å². The number of amides is 2. The number of piperidine rings is 1. The first-order valence-corrected chi connectivity index (χ1v) is 7.42. The number of hydrogen-bond donors (Lipinski definition) is 2. The van der Waals surface area contributed by atoms with Gasteiger partial charge in [0.2, 0.25) is 0 Å². The lowest BCUT2D eigenvalue weighted by Crippen LogP contribution is -2.40. The van der Waals surface area contributed by atoms with Crippen molar-refractivity contribution < 1.29 is 14.7 Å². The molecule has 1 heterocycles. The van der Waals surface area contributed by atoms with Gasteiger partial charge in [-0.3, -0.25) is 0 Å². The van der Waals surface area contributed by atoms with Gasteiger partial charge in [-0.1, -0.05) is 30.1 Å². The highest BCUT2D eigenvalue weighted by molar-refractivity contribution is 6.40. The third kappa shape index (κ3) is 3.80. The molecule has 2 N–H and O–H groups in total. The maximum atomic E-state index is 12.2. The molecule has 1 aliphatic rings. The minimum Gasteiger partial charge on any atom is -0.478 e. The molecule has 114 valence electrons. The number of hydrogen-bond acceptors (Lipinski definition) is 2. The summed E-state index contributed by atoms with van der Waals surface area (Å²) in [5, 5.41) is 11.8. The molecule has 0 aromatic heterocycles. The second-order valence-corrected chi connectivity index (χ2v) is 6.03. The van der Waals surface area contributed by atoms with E-state index in [2.05, 4.69) is 12.2 Å². The zero-order chi connectivity index (χ0) is 15.6. The van der Waals surface area contributed by atoms with Crippen LogP contribution in [0.25, 0.3) is 0 Å². The van der Waals surface area contributed by atoms with Crippen LogP contribution in [0.15, 0.2) is 12.1 Å². The Bertz CT molecular complexity index is 546. The minimum atomic E-state index is -1.12. The summed E-state index contributed by atoms with van der Waals surface area (Å²) in [6, 6.07) is 2.27. The van der Waals surface area contributed by atoms with Crippen molar-refractivity contribution in [3.05, 3.63) is 27.7 Å². The average molecular weight is 331 g/mol. The Hall–Kier alpha value is -1.46. The number of carbonyl (C=O) groups is 2. The molecule has 0 spiro atoms. The summed E-state index contributed by atoms with van der Waals surface area (Å²) in [5.41, 5.74) is 0.224. The first kappa shape index (κ1) is 15.9. The Kier molecular flexibility index (Phi) is 4.96. The van der Waals surface area contributed by atoms with Crippen LogP contribution >= 0.6 is 23.2 Å².